The van der Waals surface area contributed by atoms with E-state index >= 15 is 0 Å². The Morgan fingerprint density at radius 2 is 1.76 bits per heavy atom. The van der Waals surface area contributed by atoms with Crippen molar-refractivity contribution in [2.75, 3.05) is 26.2 Å². The highest BCUT2D eigenvalue weighted by molar-refractivity contribution is 7.09. The Hall–Kier alpha value is -1.43. The fourth-order valence-electron chi connectivity index (χ4n) is 6.66. The number of fused-ring (bicyclic) bond motifs is 5. The summed E-state index contributed by atoms with van der Waals surface area (Å²) in [7, 11) is 0. The predicted molar refractivity (Wildman–Crippen MR) is 117 cm³/mol. The van der Waals surface area contributed by atoms with Crippen molar-refractivity contribution < 1.29 is 0 Å². The van der Waals surface area contributed by atoms with Gasteiger partial charge in [-0.2, -0.15) is 0 Å². The van der Waals surface area contributed by atoms with Crippen molar-refractivity contribution in [2.45, 2.75) is 51.2 Å². The van der Waals surface area contributed by atoms with Crippen LogP contribution >= 0.6 is 11.3 Å². The van der Waals surface area contributed by atoms with Crippen molar-refractivity contribution in [1.82, 2.24) is 14.4 Å². The first-order valence-corrected chi connectivity index (χ1v) is 12.3. The Morgan fingerprint density at radius 3 is 2.55 bits per heavy atom. The van der Waals surface area contributed by atoms with E-state index in [2.05, 4.69) is 44.0 Å². The third-order valence-corrected chi connectivity index (χ3v) is 8.78. The average molecular weight is 410 g/mol. The van der Waals surface area contributed by atoms with Crippen molar-refractivity contribution in [1.29, 1.82) is 0 Å². The molecule has 6 rings (SSSR count). The van der Waals surface area contributed by atoms with Crippen LogP contribution in [0.15, 0.2) is 34.4 Å². The first-order chi connectivity index (χ1) is 14.2. The number of thiophene rings is 1. The Bertz CT molecular complexity index is 924. The van der Waals surface area contributed by atoms with Gasteiger partial charge in [-0.1, -0.05) is 18.6 Å². The summed E-state index contributed by atoms with van der Waals surface area (Å²) in [5.74, 6) is 2.91. The molecule has 0 unspecified atom stereocenters. The van der Waals surface area contributed by atoms with Crippen LogP contribution < -0.4 is 5.56 Å². The minimum atomic E-state index is 0.293. The molecule has 0 amide bonds. The van der Waals surface area contributed by atoms with Crippen LogP contribution in [0.4, 0.5) is 0 Å². The van der Waals surface area contributed by atoms with Crippen molar-refractivity contribution in [3.8, 4) is 0 Å². The number of likely N-dealkylation sites (tertiary alicyclic amines) is 2. The van der Waals surface area contributed by atoms with E-state index in [1.807, 2.05) is 11.3 Å². The van der Waals surface area contributed by atoms with Gasteiger partial charge in [0.05, 0.1) is 0 Å². The molecule has 2 saturated heterocycles. The van der Waals surface area contributed by atoms with Crippen molar-refractivity contribution in [3.63, 3.8) is 0 Å². The van der Waals surface area contributed by atoms with E-state index in [0.717, 1.165) is 50.1 Å². The number of hydrogen-bond acceptors (Lipinski definition) is 4. The molecular formula is C24H31N3OS. The molecule has 2 aromatic heterocycles. The average Bonchev–Trinajstić information content (AvgIpc) is 3.42. The molecule has 0 aromatic carbocycles. The lowest BCUT2D eigenvalue weighted by atomic mass is 9.83. The van der Waals surface area contributed by atoms with Gasteiger partial charge < -0.3 is 4.57 Å². The lowest BCUT2D eigenvalue weighted by Crippen LogP contribution is -2.47. The molecule has 4 nitrogen and oxygen atoms in total. The van der Waals surface area contributed by atoms with Crippen molar-refractivity contribution >= 4 is 11.3 Å². The third-order valence-electron chi connectivity index (χ3n) is 7.91. The van der Waals surface area contributed by atoms with Gasteiger partial charge in [0.1, 0.15) is 0 Å². The van der Waals surface area contributed by atoms with Crippen LogP contribution in [-0.4, -0.2) is 40.5 Å². The fraction of sp³-hybridized carbons (Fsp3) is 0.625. The van der Waals surface area contributed by atoms with Gasteiger partial charge in [0.25, 0.3) is 5.56 Å². The standard InChI is InChI=1S/C24H31N3OS/c28-24-20(14-26-12-18-3-1-4-19(18)13-26)6-7-23-21-9-17(11-27(23)24)10-25(15-21)16-22-5-2-8-29-22/h2,5-8,17-19,21H,1,3-4,9-16H2/t17-,18-,19+,21+/m0/s1. The predicted octanol–water partition coefficient (Wildman–Crippen LogP) is 3.76. The lowest BCUT2D eigenvalue weighted by Gasteiger charge is -2.43. The number of rotatable bonds is 4. The molecule has 3 fully saturated rings. The quantitative estimate of drug-likeness (QED) is 0.770. The molecule has 1 aliphatic carbocycles. The van der Waals surface area contributed by atoms with E-state index in [9.17, 15) is 4.79 Å². The normalized spacial score (nSPS) is 31.7. The molecule has 5 heteroatoms. The van der Waals surface area contributed by atoms with Crippen molar-refractivity contribution in [3.05, 3.63) is 56.1 Å². The zero-order valence-electron chi connectivity index (χ0n) is 17.1. The number of pyridine rings is 1. The van der Waals surface area contributed by atoms with E-state index < -0.39 is 0 Å². The second-order valence-electron chi connectivity index (χ2n) is 9.92. The zero-order chi connectivity index (χ0) is 19.4. The van der Waals surface area contributed by atoms with Crippen LogP contribution in [0.2, 0.25) is 0 Å². The van der Waals surface area contributed by atoms with Gasteiger partial charge in [-0.05, 0) is 54.5 Å². The maximum Gasteiger partial charge on any atom is 0.255 e. The third kappa shape index (κ3) is 3.41. The molecule has 5 heterocycles. The molecule has 0 N–H and O–H groups in total. The van der Waals surface area contributed by atoms with Crippen LogP contribution in [0, 0.1) is 17.8 Å². The van der Waals surface area contributed by atoms with Crippen LogP contribution in [0.3, 0.4) is 0 Å². The van der Waals surface area contributed by atoms with Crippen LogP contribution in [0.5, 0.6) is 0 Å². The van der Waals surface area contributed by atoms with E-state index in [1.165, 1.54) is 49.3 Å². The van der Waals surface area contributed by atoms with Gasteiger partial charge in [0.2, 0.25) is 0 Å². The SMILES string of the molecule is O=c1c(CN2C[C@H]3CCC[C@H]3C2)ccc2n1C[C@H]1C[C@@H]2CN(Cc2cccs2)C1. The smallest absolute Gasteiger partial charge is 0.255 e. The summed E-state index contributed by atoms with van der Waals surface area (Å²) in [5, 5.41) is 2.17. The lowest BCUT2D eigenvalue weighted by molar-refractivity contribution is 0.115. The summed E-state index contributed by atoms with van der Waals surface area (Å²) in [5.41, 5.74) is 2.59. The largest absolute Gasteiger partial charge is 0.312 e. The van der Waals surface area contributed by atoms with E-state index in [4.69, 9.17) is 0 Å². The van der Waals surface area contributed by atoms with Crippen molar-refractivity contribution in [2.24, 2.45) is 17.8 Å². The zero-order valence-corrected chi connectivity index (χ0v) is 17.9. The first-order valence-electron chi connectivity index (χ1n) is 11.4. The summed E-state index contributed by atoms with van der Waals surface area (Å²) in [4.78, 5) is 19.9. The first kappa shape index (κ1) is 18.3. The van der Waals surface area contributed by atoms with Crippen LogP contribution in [0.1, 0.15) is 47.7 Å². The minimum Gasteiger partial charge on any atom is -0.312 e. The molecule has 154 valence electrons. The monoisotopic (exact) mass is 409 g/mol. The van der Waals surface area contributed by atoms with E-state index in [0.29, 0.717) is 17.4 Å². The summed E-state index contributed by atoms with van der Waals surface area (Å²) >= 11 is 1.85. The minimum absolute atomic E-state index is 0.293. The highest BCUT2D eigenvalue weighted by atomic mass is 32.1. The fourth-order valence-corrected chi connectivity index (χ4v) is 7.41. The Balaban J connectivity index is 1.20. The molecule has 3 aliphatic heterocycles. The molecule has 2 aromatic rings. The Morgan fingerprint density at radius 1 is 0.931 bits per heavy atom. The Kier molecular flexibility index (Phi) is 4.66. The summed E-state index contributed by atoms with van der Waals surface area (Å²) in [6.07, 6.45) is 5.46. The highest BCUT2D eigenvalue weighted by Crippen LogP contribution is 2.39. The van der Waals surface area contributed by atoms with Gasteiger partial charge in [0.15, 0.2) is 0 Å². The molecule has 1 saturated carbocycles. The molecule has 29 heavy (non-hydrogen) atoms. The second kappa shape index (κ2) is 7.36. The molecule has 0 radical (unpaired) electrons. The summed E-state index contributed by atoms with van der Waals surface area (Å²) < 4.78 is 2.15. The molecular weight excluding hydrogens is 378 g/mol. The number of nitrogens with zero attached hydrogens (tertiary/aromatic N) is 3. The molecule has 4 atom stereocenters. The molecule has 2 bridgehead atoms. The number of piperidine rings is 1. The maximum atomic E-state index is 13.3. The molecule has 4 aliphatic rings. The van der Waals surface area contributed by atoms with Gasteiger partial charge in [-0.25, -0.2) is 0 Å². The van der Waals surface area contributed by atoms with E-state index in [-0.39, 0.29) is 0 Å². The highest BCUT2D eigenvalue weighted by Gasteiger charge is 2.37. The summed E-state index contributed by atoms with van der Waals surface area (Å²) in [6.45, 7) is 7.44. The van der Waals surface area contributed by atoms with Gasteiger partial charge >= 0.3 is 0 Å². The second-order valence-corrected chi connectivity index (χ2v) is 10.9. The number of aromatic nitrogens is 1. The van der Waals surface area contributed by atoms with Gasteiger partial charge in [-0.3, -0.25) is 14.6 Å². The van der Waals surface area contributed by atoms with Crippen LogP contribution in [-0.2, 0) is 19.6 Å². The maximum absolute atomic E-state index is 13.3. The number of hydrogen-bond donors (Lipinski definition) is 0. The Labute approximate surface area is 177 Å². The topological polar surface area (TPSA) is 28.5 Å². The van der Waals surface area contributed by atoms with E-state index in [1.54, 1.807) is 0 Å². The van der Waals surface area contributed by atoms with Gasteiger partial charge in [-0.15, -0.1) is 11.3 Å². The van der Waals surface area contributed by atoms with Crippen LogP contribution in [0.25, 0.3) is 0 Å². The van der Waals surface area contributed by atoms with Gasteiger partial charge in [0, 0.05) is 67.9 Å². The molecule has 0 spiro atoms. The summed E-state index contributed by atoms with van der Waals surface area (Å²) in [6, 6.07) is 8.82.